The third kappa shape index (κ3) is 5.69. The van der Waals surface area contributed by atoms with Crippen LogP contribution in [0.3, 0.4) is 0 Å². The highest BCUT2D eigenvalue weighted by Gasteiger charge is 2.20. The molecule has 0 aliphatic heterocycles. The number of hydrogen-bond donors (Lipinski definition) is 0. The van der Waals surface area contributed by atoms with Crippen LogP contribution in [0.5, 0.6) is 0 Å². The number of thiophene rings is 2. The van der Waals surface area contributed by atoms with Crippen molar-refractivity contribution >= 4 is 117 Å². The van der Waals surface area contributed by atoms with Crippen molar-refractivity contribution in [2.24, 2.45) is 0 Å². The summed E-state index contributed by atoms with van der Waals surface area (Å²) < 4.78 is 5.30. The molecule has 12 aromatic carbocycles. The first-order chi connectivity index (χ1) is 32.5. The molecule has 14 rings (SSSR count). The Morgan fingerprint density at radius 3 is 0.985 bits per heavy atom. The van der Waals surface area contributed by atoms with Crippen LogP contribution < -0.4 is 0 Å². The first kappa shape index (κ1) is 37.7. The molecule has 0 aliphatic carbocycles. The van der Waals surface area contributed by atoms with Gasteiger partial charge in [-0.05, 0) is 149 Å². The maximum Gasteiger partial charge on any atom is 0.0361 e. The lowest BCUT2D eigenvalue weighted by Crippen LogP contribution is -1.91. The van der Waals surface area contributed by atoms with Gasteiger partial charge in [-0.2, -0.15) is 0 Å². The third-order valence-electron chi connectivity index (χ3n) is 14.1. The summed E-state index contributed by atoms with van der Waals surface area (Å²) in [5.41, 5.74) is 12.8. The van der Waals surface area contributed by atoms with Crippen LogP contribution in [-0.4, -0.2) is 0 Å². The van der Waals surface area contributed by atoms with Crippen molar-refractivity contribution in [1.82, 2.24) is 0 Å². The van der Waals surface area contributed by atoms with E-state index in [4.69, 9.17) is 0 Å². The molecular formula is C64H40S2. The molecule has 0 amide bonds. The van der Waals surface area contributed by atoms with E-state index in [0.29, 0.717) is 0 Å². The number of rotatable bonds is 4. The smallest absolute Gasteiger partial charge is 0.0361 e. The summed E-state index contributed by atoms with van der Waals surface area (Å²) in [6, 6.07) is 77.8. The van der Waals surface area contributed by atoms with E-state index in [9.17, 15) is 0 Å². The van der Waals surface area contributed by atoms with Gasteiger partial charge < -0.3 is 0 Å². The van der Waals surface area contributed by atoms with Crippen LogP contribution in [0.4, 0.5) is 0 Å². The van der Waals surface area contributed by atoms with Gasteiger partial charge in [-0.1, -0.05) is 181 Å². The molecule has 0 nitrogen and oxygen atoms in total. The molecule has 2 heteroatoms. The number of fused-ring (bicyclic) bond motifs is 11. The van der Waals surface area contributed by atoms with Gasteiger partial charge in [0.05, 0.1) is 0 Å². The van der Waals surface area contributed by atoms with Crippen LogP contribution in [0.1, 0.15) is 11.1 Å². The fourth-order valence-electron chi connectivity index (χ4n) is 11.1. The van der Waals surface area contributed by atoms with E-state index < -0.39 is 0 Å². The first-order valence-corrected chi connectivity index (χ1v) is 24.4. The molecule has 0 bridgehead atoms. The summed E-state index contributed by atoms with van der Waals surface area (Å²) in [4.78, 5) is 0. The Balaban J connectivity index is 0.910. The van der Waals surface area contributed by atoms with E-state index in [0.717, 1.165) is 0 Å². The van der Waals surface area contributed by atoms with Crippen LogP contribution in [0.25, 0.3) is 139 Å². The molecular weight excluding hydrogens is 833 g/mol. The van der Waals surface area contributed by atoms with Gasteiger partial charge in [0.1, 0.15) is 0 Å². The van der Waals surface area contributed by atoms with Crippen LogP contribution in [0.15, 0.2) is 206 Å². The molecule has 66 heavy (non-hydrogen) atoms. The van der Waals surface area contributed by atoms with E-state index >= 15 is 0 Å². The Morgan fingerprint density at radius 1 is 0.227 bits per heavy atom. The molecule has 0 saturated heterocycles. The van der Waals surface area contributed by atoms with Crippen LogP contribution >= 0.6 is 22.7 Å². The summed E-state index contributed by atoms with van der Waals surface area (Å²) >= 11 is 3.83. The first-order valence-electron chi connectivity index (χ1n) is 22.8. The predicted octanol–water partition coefficient (Wildman–Crippen LogP) is 19.5. The summed E-state index contributed by atoms with van der Waals surface area (Å²) in [7, 11) is 0. The molecule has 0 radical (unpaired) electrons. The summed E-state index contributed by atoms with van der Waals surface area (Å²) in [5, 5.41) is 18.2. The van der Waals surface area contributed by atoms with Crippen LogP contribution in [0.2, 0.25) is 0 Å². The third-order valence-corrected chi connectivity index (χ3v) is 16.3. The van der Waals surface area contributed by atoms with Gasteiger partial charge in [0.25, 0.3) is 0 Å². The summed E-state index contributed by atoms with van der Waals surface area (Å²) in [6.07, 6.45) is 0. The zero-order valence-corrected chi connectivity index (χ0v) is 38.1. The topological polar surface area (TPSA) is 0 Å². The average molecular weight is 873 g/mol. The van der Waals surface area contributed by atoms with Gasteiger partial charge in [-0.25, -0.2) is 0 Å². The van der Waals surface area contributed by atoms with Crippen molar-refractivity contribution in [2.45, 2.75) is 13.8 Å². The average Bonchev–Trinajstić information content (AvgIpc) is 3.89. The Morgan fingerprint density at radius 2 is 0.561 bits per heavy atom. The van der Waals surface area contributed by atoms with Crippen molar-refractivity contribution in [3.8, 4) is 44.5 Å². The highest BCUT2D eigenvalue weighted by atomic mass is 32.1. The number of hydrogen-bond acceptors (Lipinski definition) is 2. The maximum absolute atomic E-state index is 2.44. The Hall–Kier alpha value is -7.62. The quantitative estimate of drug-likeness (QED) is 0.155. The summed E-state index contributed by atoms with van der Waals surface area (Å²) in [5.74, 6) is 0. The van der Waals surface area contributed by atoms with Crippen LogP contribution in [0, 0.1) is 13.8 Å². The van der Waals surface area contributed by atoms with Gasteiger partial charge in [0, 0.05) is 40.3 Å². The minimum Gasteiger partial charge on any atom is -0.135 e. The van der Waals surface area contributed by atoms with E-state index in [-0.39, 0.29) is 0 Å². The standard InChI is InChI=1S/C64H40S2/c1-37-21-25-51-55(29-37)61(39-13-5-3-6-14-39)47-17-9-11-19-49(47)63(51)41-23-27-45-53-31-43-32-54-46-28-24-42(34-58(46)66-60(54)36-44(43)35-59(53)65-57(45)33-41)64-50-20-12-10-18-48(50)62(40-15-7-4-8-16-40)56-30-38(2)22-26-52(56)64/h3-36H,1-2H3. The lowest BCUT2D eigenvalue weighted by atomic mass is 9.85. The normalized spacial score (nSPS) is 12.1. The van der Waals surface area contributed by atoms with E-state index in [1.54, 1.807) is 0 Å². The zero-order valence-electron chi connectivity index (χ0n) is 36.4. The number of benzene rings is 12. The highest BCUT2D eigenvalue weighted by Crippen LogP contribution is 2.49. The molecule has 0 aliphatic rings. The molecule has 2 heterocycles. The Kier molecular flexibility index (Phi) is 8.26. The second kappa shape index (κ2) is 14.4. The highest BCUT2D eigenvalue weighted by molar-refractivity contribution is 7.26. The van der Waals surface area contributed by atoms with E-state index in [1.807, 2.05) is 22.7 Å². The van der Waals surface area contributed by atoms with Crippen molar-refractivity contribution < 1.29 is 0 Å². The second-order valence-electron chi connectivity index (χ2n) is 18.1. The second-order valence-corrected chi connectivity index (χ2v) is 20.3. The van der Waals surface area contributed by atoms with Crippen molar-refractivity contribution in [3.05, 3.63) is 217 Å². The zero-order chi connectivity index (χ0) is 43.6. The maximum atomic E-state index is 2.44. The molecule has 0 atom stereocenters. The molecule has 0 N–H and O–H groups in total. The summed E-state index contributed by atoms with van der Waals surface area (Å²) in [6.45, 7) is 4.41. The van der Waals surface area contributed by atoms with Crippen molar-refractivity contribution in [1.29, 1.82) is 0 Å². The minimum absolute atomic E-state index is 1.25. The van der Waals surface area contributed by atoms with E-state index in [2.05, 4.69) is 220 Å². The van der Waals surface area contributed by atoms with Gasteiger partial charge in [0.2, 0.25) is 0 Å². The largest absolute Gasteiger partial charge is 0.135 e. The van der Waals surface area contributed by atoms with Crippen molar-refractivity contribution in [3.63, 3.8) is 0 Å². The van der Waals surface area contributed by atoms with Crippen molar-refractivity contribution in [2.75, 3.05) is 0 Å². The van der Waals surface area contributed by atoms with Crippen LogP contribution in [-0.2, 0) is 0 Å². The molecule has 308 valence electrons. The molecule has 0 fully saturated rings. The number of aryl methyl sites for hydroxylation is 2. The fourth-order valence-corrected chi connectivity index (χ4v) is 13.5. The van der Waals surface area contributed by atoms with E-state index in [1.165, 1.54) is 150 Å². The van der Waals surface area contributed by atoms with Gasteiger partial charge >= 0.3 is 0 Å². The molecule has 14 aromatic rings. The Bertz CT molecular complexity index is 4060. The lowest BCUT2D eigenvalue weighted by molar-refractivity contribution is 1.51. The van der Waals surface area contributed by atoms with Gasteiger partial charge in [-0.3, -0.25) is 0 Å². The fraction of sp³-hybridized carbons (Fsp3) is 0.0312. The molecule has 0 unspecified atom stereocenters. The molecule has 2 aromatic heterocycles. The predicted molar refractivity (Wildman–Crippen MR) is 291 cm³/mol. The SMILES string of the molecule is Cc1ccc2c(-c3ccc4c(c3)sc3cc5cc6sc7cc(-c8c9ccccc9c(-c9ccccc9)c9cc(C)ccc89)ccc7c6cc5cc34)c3ccccc3c(-c3ccccc3)c2c1. The van der Waals surface area contributed by atoms with Gasteiger partial charge in [-0.15, -0.1) is 22.7 Å². The molecule has 0 saturated carbocycles. The Labute approximate surface area is 390 Å². The monoisotopic (exact) mass is 872 g/mol. The minimum atomic E-state index is 1.25. The lowest BCUT2D eigenvalue weighted by Gasteiger charge is -2.18. The molecule has 0 spiro atoms. The van der Waals surface area contributed by atoms with Gasteiger partial charge in [0.15, 0.2) is 0 Å².